The summed E-state index contributed by atoms with van der Waals surface area (Å²) in [4.78, 5) is 28.1. The summed E-state index contributed by atoms with van der Waals surface area (Å²) in [5, 5.41) is 20.1. The molecule has 0 saturated heterocycles. The SMILES string of the molecule is N#Cc1cccc2nc(CCNC(=O)O)n(-c3cc(F)cc(C(F)F)c3)c(=O)c12. The maximum absolute atomic E-state index is 13.9. The minimum Gasteiger partial charge on any atom is -0.465 e. The first kappa shape index (κ1) is 19.9. The lowest BCUT2D eigenvalue weighted by Gasteiger charge is -2.15. The van der Waals surface area contributed by atoms with E-state index in [1.165, 1.54) is 18.2 Å². The van der Waals surface area contributed by atoms with Crippen LogP contribution in [0.2, 0.25) is 0 Å². The number of nitriles is 1. The number of carboxylic acid groups (broad SMARTS) is 1. The van der Waals surface area contributed by atoms with Crippen LogP contribution in [0.4, 0.5) is 18.0 Å². The van der Waals surface area contributed by atoms with Gasteiger partial charge in [0.15, 0.2) is 0 Å². The zero-order valence-electron chi connectivity index (χ0n) is 14.7. The van der Waals surface area contributed by atoms with E-state index < -0.39 is 29.5 Å². The van der Waals surface area contributed by atoms with Crippen LogP contribution in [0.15, 0.2) is 41.2 Å². The lowest BCUT2D eigenvalue weighted by Crippen LogP contribution is -2.29. The van der Waals surface area contributed by atoms with Crippen molar-refractivity contribution in [2.24, 2.45) is 0 Å². The highest BCUT2D eigenvalue weighted by Crippen LogP contribution is 2.24. The molecule has 0 unspecified atom stereocenters. The van der Waals surface area contributed by atoms with Gasteiger partial charge in [0.1, 0.15) is 17.7 Å². The number of nitrogens with zero attached hydrogens (tertiary/aromatic N) is 3. The fourth-order valence-electron chi connectivity index (χ4n) is 2.94. The number of rotatable bonds is 5. The molecule has 0 spiro atoms. The van der Waals surface area contributed by atoms with Gasteiger partial charge in [0.05, 0.1) is 22.2 Å². The second kappa shape index (κ2) is 8.02. The number of hydrogen-bond acceptors (Lipinski definition) is 4. The van der Waals surface area contributed by atoms with Gasteiger partial charge in [-0.3, -0.25) is 9.36 Å². The van der Waals surface area contributed by atoms with E-state index in [4.69, 9.17) is 5.11 Å². The Bertz CT molecular complexity index is 1200. The number of hydrogen-bond donors (Lipinski definition) is 2. The molecule has 2 aromatic carbocycles. The Morgan fingerprint density at radius 1 is 1.31 bits per heavy atom. The molecular formula is C19H13F3N4O3. The first-order valence-electron chi connectivity index (χ1n) is 8.32. The van der Waals surface area contributed by atoms with Crippen molar-refractivity contribution < 1.29 is 23.1 Å². The Labute approximate surface area is 161 Å². The molecule has 10 heteroatoms. The van der Waals surface area contributed by atoms with Crippen molar-refractivity contribution in [3.63, 3.8) is 0 Å². The van der Waals surface area contributed by atoms with Gasteiger partial charge in [-0.15, -0.1) is 0 Å². The Kier molecular flexibility index (Phi) is 5.50. The Hall–Kier alpha value is -3.87. The maximum atomic E-state index is 13.9. The number of amides is 1. The van der Waals surface area contributed by atoms with Crippen LogP contribution in [0, 0.1) is 17.1 Å². The van der Waals surface area contributed by atoms with Crippen molar-refractivity contribution in [1.29, 1.82) is 5.26 Å². The van der Waals surface area contributed by atoms with Gasteiger partial charge < -0.3 is 10.4 Å². The summed E-state index contributed by atoms with van der Waals surface area (Å²) in [6.45, 7) is -0.123. The largest absolute Gasteiger partial charge is 0.465 e. The molecule has 2 N–H and O–H groups in total. The summed E-state index contributed by atoms with van der Waals surface area (Å²) in [6, 6.07) is 8.78. The first-order chi connectivity index (χ1) is 13.8. The van der Waals surface area contributed by atoms with Gasteiger partial charge in [-0.1, -0.05) is 6.07 Å². The van der Waals surface area contributed by atoms with E-state index in [2.05, 4.69) is 10.3 Å². The molecule has 0 aliphatic carbocycles. The Balaban J connectivity index is 2.30. The number of halogens is 3. The zero-order chi connectivity index (χ0) is 21.1. The van der Waals surface area contributed by atoms with Crippen LogP contribution in [0.5, 0.6) is 0 Å². The number of fused-ring (bicyclic) bond motifs is 1. The fourth-order valence-corrected chi connectivity index (χ4v) is 2.94. The molecule has 3 rings (SSSR count). The fraction of sp³-hybridized carbons (Fsp3) is 0.158. The molecule has 0 radical (unpaired) electrons. The quantitative estimate of drug-likeness (QED) is 0.682. The molecule has 0 fully saturated rings. The Morgan fingerprint density at radius 3 is 2.72 bits per heavy atom. The summed E-state index contributed by atoms with van der Waals surface area (Å²) < 4.78 is 41.1. The average Bonchev–Trinajstić information content (AvgIpc) is 2.66. The van der Waals surface area contributed by atoms with Crippen LogP contribution < -0.4 is 10.9 Å². The third-order valence-corrected chi connectivity index (χ3v) is 4.13. The van der Waals surface area contributed by atoms with Crippen LogP contribution in [0.25, 0.3) is 16.6 Å². The molecule has 0 aliphatic rings. The van der Waals surface area contributed by atoms with Gasteiger partial charge in [-0.25, -0.2) is 22.9 Å². The second-order valence-electron chi connectivity index (χ2n) is 6.01. The number of nitrogens with one attached hydrogen (secondary N) is 1. The van der Waals surface area contributed by atoms with Gasteiger partial charge >= 0.3 is 6.09 Å². The second-order valence-corrected chi connectivity index (χ2v) is 6.01. The molecule has 29 heavy (non-hydrogen) atoms. The lowest BCUT2D eigenvalue weighted by atomic mass is 10.1. The van der Waals surface area contributed by atoms with Gasteiger partial charge in [0, 0.05) is 18.5 Å². The molecule has 0 aliphatic heterocycles. The molecule has 7 nitrogen and oxygen atoms in total. The van der Waals surface area contributed by atoms with E-state index >= 15 is 0 Å². The highest BCUT2D eigenvalue weighted by atomic mass is 19.3. The predicted molar refractivity (Wildman–Crippen MR) is 96.7 cm³/mol. The zero-order valence-corrected chi connectivity index (χ0v) is 14.7. The molecule has 0 bridgehead atoms. The number of carbonyl (C=O) groups is 1. The van der Waals surface area contributed by atoms with Crippen LogP contribution >= 0.6 is 0 Å². The van der Waals surface area contributed by atoms with Crippen molar-refractivity contribution in [3.05, 3.63) is 69.5 Å². The molecule has 0 saturated carbocycles. The summed E-state index contributed by atoms with van der Waals surface area (Å²) in [7, 11) is 0. The van der Waals surface area contributed by atoms with Gasteiger partial charge in [0.2, 0.25) is 0 Å². The van der Waals surface area contributed by atoms with E-state index in [0.717, 1.165) is 16.7 Å². The van der Waals surface area contributed by atoms with Crippen LogP contribution in [-0.2, 0) is 6.42 Å². The molecule has 3 aromatic rings. The van der Waals surface area contributed by atoms with Crippen molar-refractivity contribution in [2.45, 2.75) is 12.8 Å². The van der Waals surface area contributed by atoms with Gasteiger partial charge in [0.25, 0.3) is 12.0 Å². The van der Waals surface area contributed by atoms with E-state index in [-0.39, 0.29) is 40.9 Å². The number of benzene rings is 2. The summed E-state index contributed by atoms with van der Waals surface area (Å²) >= 11 is 0. The van der Waals surface area contributed by atoms with Crippen molar-refractivity contribution in [3.8, 4) is 11.8 Å². The van der Waals surface area contributed by atoms with E-state index in [9.17, 15) is 28.0 Å². The Morgan fingerprint density at radius 2 is 2.07 bits per heavy atom. The van der Waals surface area contributed by atoms with Crippen molar-refractivity contribution in [1.82, 2.24) is 14.9 Å². The summed E-state index contributed by atoms with van der Waals surface area (Å²) in [6.07, 6.45) is -4.34. The number of aromatic nitrogens is 2. The first-order valence-corrected chi connectivity index (χ1v) is 8.32. The highest BCUT2D eigenvalue weighted by Gasteiger charge is 2.18. The molecular weight excluding hydrogens is 389 g/mol. The highest BCUT2D eigenvalue weighted by molar-refractivity contribution is 5.84. The normalized spacial score (nSPS) is 10.9. The summed E-state index contributed by atoms with van der Waals surface area (Å²) in [5.41, 5.74) is -1.37. The van der Waals surface area contributed by atoms with E-state index in [1.807, 2.05) is 6.07 Å². The smallest absolute Gasteiger partial charge is 0.404 e. The number of alkyl halides is 2. The van der Waals surface area contributed by atoms with Crippen molar-refractivity contribution >= 4 is 17.0 Å². The topological polar surface area (TPSA) is 108 Å². The minimum atomic E-state index is -2.97. The van der Waals surface area contributed by atoms with Crippen LogP contribution in [0.3, 0.4) is 0 Å². The average molecular weight is 402 g/mol. The van der Waals surface area contributed by atoms with Crippen LogP contribution in [0.1, 0.15) is 23.4 Å². The molecule has 1 aromatic heterocycles. The minimum absolute atomic E-state index is 0.0226. The van der Waals surface area contributed by atoms with Gasteiger partial charge in [-0.05, 0) is 30.3 Å². The summed E-state index contributed by atoms with van der Waals surface area (Å²) in [5.74, 6) is -0.954. The lowest BCUT2D eigenvalue weighted by molar-refractivity contribution is 0.151. The standard InChI is InChI=1S/C19H13F3N4O3/c20-12-6-11(17(21)22)7-13(8-12)26-15(4-5-24-19(28)29)25-14-3-1-2-10(9-23)16(14)18(26)27/h1-3,6-8,17,24H,4-5H2,(H,28,29). The van der Waals surface area contributed by atoms with E-state index in [0.29, 0.717) is 6.07 Å². The monoisotopic (exact) mass is 402 g/mol. The van der Waals surface area contributed by atoms with E-state index in [1.54, 1.807) is 0 Å². The molecule has 1 amide bonds. The predicted octanol–water partition coefficient (Wildman–Crippen LogP) is 3.14. The van der Waals surface area contributed by atoms with Gasteiger partial charge in [-0.2, -0.15) is 5.26 Å². The molecule has 1 heterocycles. The maximum Gasteiger partial charge on any atom is 0.404 e. The third kappa shape index (κ3) is 4.03. The molecule has 148 valence electrons. The third-order valence-electron chi connectivity index (χ3n) is 4.13. The molecule has 0 atom stereocenters. The van der Waals surface area contributed by atoms with Crippen molar-refractivity contribution in [2.75, 3.05) is 6.54 Å². The van der Waals surface area contributed by atoms with Crippen LogP contribution in [-0.4, -0.2) is 27.3 Å².